The molecule has 3 heterocycles. The summed E-state index contributed by atoms with van der Waals surface area (Å²) < 4.78 is 13.1. The highest BCUT2D eigenvalue weighted by atomic mass is 16.6. The maximum Gasteiger partial charge on any atom is 0.435 e. The van der Waals surface area contributed by atoms with Gasteiger partial charge in [-0.1, -0.05) is 57.5 Å². The Morgan fingerprint density at radius 1 is 0.938 bits per heavy atom. The van der Waals surface area contributed by atoms with Gasteiger partial charge in [-0.2, -0.15) is 4.68 Å². The first-order valence-electron chi connectivity index (χ1n) is 17.2. The highest BCUT2D eigenvalue weighted by Crippen LogP contribution is 2.37. The number of anilines is 2. The Hall–Kier alpha value is -4.22. The van der Waals surface area contributed by atoms with E-state index in [9.17, 15) is 14.4 Å². The number of hydrogen-bond donors (Lipinski definition) is 1. The van der Waals surface area contributed by atoms with Gasteiger partial charge in [0.25, 0.3) is 11.8 Å². The lowest BCUT2D eigenvalue weighted by Gasteiger charge is -2.36. The van der Waals surface area contributed by atoms with Gasteiger partial charge in [-0.25, -0.2) is 4.79 Å². The SMILES string of the molecule is COC(C(=O)N1Cc2c(NC(=O)c3ccc(N4CCN(C)CC4)cc3)nn(C(=O)O[C@@H]3C[C@H](C)CC[C@H]3C(C)C)c2C1)c1ccccc1. The first kappa shape index (κ1) is 33.7. The number of fused-ring (bicyclic) bond motifs is 1. The number of rotatable bonds is 8. The first-order valence-corrected chi connectivity index (χ1v) is 17.2. The van der Waals surface area contributed by atoms with Crippen molar-refractivity contribution in [2.45, 2.75) is 65.3 Å². The second-order valence-electron chi connectivity index (χ2n) is 13.9. The Balaban J connectivity index is 1.25. The van der Waals surface area contributed by atoms with E-state index < -0.39 is 12.2 Å². The summed E-state index contributed by atoms with van der Waals surface area (Å²) in [7, 11) is 3.63. The second-order valence-corrected chi connectivity index (χ2v) is 13.9. The zero-order valence-electron chi connectivity index (χ0n) is 28.7. The monoisotopic (exact) mass is 656 g/mol. The Morgan fingerprint density at radius 2 is 1.65 bits per heavy atom. The van der Waals surface area contributed by atoms with Crippen molar-refractivity contribution in [3.8, 4) is 0 Å². The van der Waals surface area contributed by atoms with Crippen LogP contribution in [0, 0.1) is 17.8 Å². The van der Waals surface area contributed by atoms with Gasteiger partial charge in [-0.15, -0.1) is 5.10 Å². The number of amides is 2. The van der Waals surface area contributed by atoms with Crippen LogP contribution >= 0.6 is 0 Å². The Bertz CT molecular complexity index is 1600. The molecule has 2 amide bonds. The fourth-order valence-electron chi connectivity index (χ4n) is 7.32. The molecule has 0 spiro atoms. The summed E-state index contributed by atoms with van der Waals surface area (Å²) in [5.74, 6) is 0.747. The summed E-state index contributed by atoms with van der Waals surface area (Å²) >= 11 is 0. The van der Waals surface area contributed by atoms with E-state index in [-0.39, 0.29) is 42.7 Å². The number of hydrogen-bond acceptors (Lipinski definition) is 8. The average Bonchev–Trinajstić information content (AvgIpc) is 3.66. The van der Waals surface area contributed by atoms with Gasteiger partial charge in [-0.3, -0.25) is 9.59 Å². The van der Waals surface area contributed by atoms with Crippen LogP contribution < -0.4 is 10.2 Å². The van der Waals surface area contributed by atoms with Crippen LogP contribution in [-0.4, -0.2) is 83.9 Å². The molecule has 2 aromatic carbocycles. The van der Waals surface area contributed by atoms with Gasteiger partial charge in [0, 0.05) is 50.1 Å². The van der Waals surface area contributed by atoms with E-state index in [1.165, 1.54) is 11.8 Å². The molecule has 1 N–H and O–H groups in total. The molecule has 1 saturated heterocycles. The minimum absolute atomic E-state index is 0.132. The molecular weight excluding hydrogens is 608 g/mol. The molecule has 3 aromatic rings. The van der Waals surface area contributed by atoms with Crippen molar-refractivity contribution in [1.29, 1.82) is 0 Å². The summed E-state index contributed by atoms with van der Waals surface area (Å²) in [6.45, 7) is 10.7. The molecule has 1 saturated carbocycles. The Kier molecular flexibility index (Phi) is 10.2. The highest BCUT2D eigenvalue weighted by Gasteiger charge is 2.39. The number of benzene rings is 2. The molecule has 4 atom stereocenters. The summed E-state index contributed by atoms with van der Waals surface area (Å²) in [6, 6.07) is 16.9. The van der Waals surface area contributed by atoms with Crippen LogP contribution in [-0.2, 0) is 27.4 Å². The second kappa shape index (κ2) is 14.5. The van der Waals surface area contributed by atoms with Crippen LogP contribution in [0.1, 0.15) is 73.3 Å². The smallest absolute Gasteiger partial charge is 0.435 e. The van der Waals surface area contributed by atoms with Crippen LogP contribution in [0.2, 0.25) is 0 Å². The molecule has 1 aromatic heterocycles. The molecule has 11 nitrogen and oxygen atoms in total. The van der Waals surface area contributed by atoms with Crippen molar-refractivity contribution >= 4 is 29.4 Å². The lowest BCUT2D eigenvalue weighted by Crippen LogP contribution is -2.44. The minimum Gasteiger partial charge on any atom is -0.444 e. The Labute approximate surface area is 283 Å². The van der Waals surface area contributed by atoms with Crippen LogP contribution in [0.4, 0.5) is 16.3 Å². The number of nitrogens with one attached hydrogen (secondary N) is 1. The summed E-state index contributed by atoms with van der Waals surface area (Å²) in [5.41, 5.74) is 3.43. The van der Waals surface area contributed by atoms with Crippen molar-refractivity contribution in [2.24, 2.45) is 17.8 Å². The number of nitrogens with zero attached hydrogens (tertiary/aromatic N) is 5. The molecule has 0 radical (unpaired) electrons. The molecule has 48 heavy (non-hydrogen) atoms. The van der Waals surface area contributed by atoms with Crippen molar-refractivity contribution in [3.05, 3.63) is 77.0 Å². The normalized spacial score (nSPS) is 22.0. The number of ether oxygens (including phenoxy) is 2. The average molecular weight is 657 g/mol. The number of aromatic nitrogens is 2. The maximum atomic E-state index is 13.8. The molecule has 1 aliphatic carbocycles. The van der Waals surface area contributed by atoms with Crippen molar-refractivity contribution in [3.63, 3.8) is 0 Å². The van der Waals surface area contributed by atoms with E-state index in [4.69, 9.17) is 9.47 Å². The number of likely N-dealkylation sites (N-methyl/N-ethyl adjacent to an activating group) is 1. The molecule has 0 bridgehead atoms. The van der Waals surface area contributed by atoms with Crippen LogP contribution in [0.25, 0.3) is 0 Å². The predicted molar refractivity (Wildman–Crippen MR) is 184 cm³/mol. The van der Waals surface area contributed by atoms with Crippen LogP contribution in [0.15, 0.2) is 54.6 Å². The predicted octanol–water partition coefficient (Wildman–Crippen LogP) is 5.56. The summed E-state index contributed by atoms with van der Waals surface area (Å²) in [4.78, 5) is 47.4. The van der Waals surface area contributed by atoms with E-state index in [0.29, 0.717) is 28.7 Å². The number of methoxy groups -OCH3 is 1. The van der Waals surface area contributed by atoms with Crippen LogP contribution in [0.3, 0.4) is 0 Å². The van der Waals surface area contributed by atoms with Crippen LogP contribution in [0.5, 0.6) is 0 Å². The molecule has 3 aliphatic rings. The number of carbonyl (C=O) groups is 3. The van der Waals surface area contributed by atoms with Gasteiger partial charge in [0.05, 0.1) is 18.8 Å². The maximum absolute atomic E-state index is 13.8. The largest absolute Gasteiger partial charge is 0.444 e. The zero-order valence-corrected chi connectivity index (χ0v) is 28.7. The van der Waals surface area contributed by atoms with E-state index in [1.54, 1.807) is 4.90 Å². The fraction of sp³-hybridized carbons (Fsp3) is 0.514. The third-order valence-corrected chi connectivity index (χ3v) is 10.3. The number of piperazine rings is 1. The van der Waals surface area contributed by atoms with Crippen molar-refractivity contribution in [2.75, 3.05) is 50.6 Å². The van der Waals surface area contributed by atoms with Gasteiger partial charge in [0.2, 0.25) is 0 Å². The third kappa shape index (κ3) is 7.12. The fourth-order valence-corrected chi connectivity index (χ4v) is 7.32. The Morgan fingerprint density at radius 3 is 2.31 bits per heavy atom. The lowest BCUT2D eigenvalue weighted by molar-refractivity contribution is -0.143. The highest BCUT2D eigenvalue weighted by molar-refractivity contribution is 6.04. The zero-order chi connectivity index (χ0) is 33.9. The molecule has 6 rings (SSSR count). The minimum atomic E-state index is -0.809. The molecule has 1 unspecified atom stereocenters. The molecule has 2 aliphatic heterocycles. The van der Waals surface area contributed by atoms with Gasteiger partial charge < -0.3 is 29.5 Å². The number of carbonyl (C=O) groups excluding carboxylic acids is 3. The van der Waals surface area contributed by atoms with Gasteiger partial charge in [-0.05, 0) is 67.5 Å². The van der Waals surface area contributed by atoms with Crippen molar-refractivity contribution in [1.82, 2.24) is 19.6 Å². The first-order chi connectivity index (χ1) is 23.1. The summed E-state index contributed by atoms with van der Waals surface area (Å²) in [5, 5.41) is 7.54. The standard InChI is InChI=1S/C37H48N6O5/c1-24(2)29-16-11-25(3)21-32(29)48-37(46)43-31-23-42(36(45)33(47-5)26-9-7-6-8-10-26)22-30(31)34(39-43)38-35(44)27-12-14-28(15-13-27)41-19-17-40(4)18-20-41/h6-10,12-15,24-25,29,32-33H,11,16-23H2,1-5H3,(H,38,39,44)/t25-,29+,32-,33?/m1/s1. The van der Waals surface area contributed by atoms with E-state index in [1.807, 2.05) is 54.6 Å². The van der Waals surface area contributed by atoms with E-state index in [0.717, 1.165) is 56.7 Å². The van der Waals surface area contributed by atoms with E-state index >= 15 is 0 Å². The molecule has 256 valence electrons. The van der Waals surface area contributed by atoms with Crippen molar-refractivity contribution < 1.29 is 23.9 Å². The summed E-state index contributed by atoms with van der Waals surface area (Å²) in [6.07, 6.45) is 1.28. The van der Waals surface area contributed by atoms with Gasteiger partial charge in [0.15, 0.2) is 11.9 Å². The third-order valence-electron chi connectivity index (χ3n) is 10.3. The van der Waals surface area contributed by atoms with E-state index in [2.05, 4.69) is 48.0 Å². The quantitative estimate of drug-likeness (QED) is 0.336. The molecular formula is C37H48N6O5. The van der Waals surface area contributed by atoms with Gasteiger partial charge >= 0.3 is 6.09 Å². The molecule has 2 fully saturated rings. The lowest BCUT2D eigenvalue weighted by atomic mass is 9.75. The topological polar surface area (TPSA) is 109 Å². The van der Waals surface area contributed by atoms with Gasteiger partial charge in [0.1, 0.15) is 6.10 Å². The molecule has 11 heteroatoms.